The summed E-state index contributed by atoms with van der Waals surface area (Å²) in [6.07, 6.45) is -9.67. The molecule has 3 aromatic rings. The number of carbonyl (C=O) groups excluding carboxylic acids is 1. The number of methoxy groups -OCH3 is 1. The number of hydrogen-bond acceptors (Lipinski definition) is 8. The molecule has 0 aliphatic carbocycles. The second-order valence-corrected chi connectivity index (χ2v) is 13.2. The second-order valence-electron chi connectivity index (χ2n) is 13.2. The fourth-order valence-corrected chi connectivity index (χ4v) is 4.80. The van der Waals surface area contributed by atoms with Crippen molar-refractivity contribution in [2.45, 2.75) is 71.4 Å². The molecule has 3 rings (SSSR count). The van der Waals surface area contributed by atoms with Crippen LogP contribution in [0, 0.1) is 10.8 Å². The Morgan fingerprint density at radius 3 is 1.96 bits per heavy atom. The van der Waals surface area contributed by atoms with Gasteiger partial charge in [-0.05, 0) is 84.4 Å². The molecule has 14 heteroatoms. The average molecular weight is 661 g/mol. The third kappa shape index (κ3) is 7.95. The molecule has 0 amide bonds. The molecule has 0 radical (unpaired) electrons. The summed E-state index contributed by atoms with van der Waals surface area (Å²) in [5.41, 5.74) is 2.95. The van der Waals surface area contributed by atoms with Crippen molar-refractivity contribution in [2.75, 3.05) is 20.3 Å². The van der Waals surface area contributed by atoms with E-state index in [1.807, 2.05) is 0 Å². The number of alkyl halides is 6. The number of rotatable bonds is 11. The first-order chi connectivity index (χ1) is 20.8. The fourth-order valence-electron chi connectivity index (χ4n) is 4.80. The van der Waals surface area contributed by atoms with E-state index in [4.69, 9.17) is 30.1 Å². The topological polar surface area (TPSA) is 127 Å². The zero-order valence-corrected chi connectivity index (χ0v) is 26.5. The largest absolute Gasteiger partial charge is 0.497 e. The summed E-state index contributed by atoms with van der Waals surface area (Å²) in [4.78, 5) is 26.0. The maximum Gasteiger partial charge on any atom is 0.417 e. The van der Waals surface area contributed by atoms with Gasteiger partial charge in [0.05, 0.1) is 23.7 Å². The molecule has 0 aliphatic heterocycles. The Morgan fingerprint density at radius 2 is 1.43 bits per heavy atom. The minimum atomic E-state index is -4.89. The quantitative estimate of drug-likeness (QED) is 0.130. The van der Waals surface area contributed by atoms with Gasteiger partial charge in [0.2, 0.25) is 0 Å². The van der Waals surface area contributed by atoms with E-state index < -0.39 is 70.2 Å². The standard InChI is InChI=1S/C32H38F6N2O6/c1-27(2,39)15-30(6,28(3,4)40)26(42)45-17-29(5,32(36,37)38)16-44-20-9-8-18-12-22(25(41)46-24(18)14-20)21-11-10-19(43-7)13-23(21)31(33,34)35/h8-14H,15-17,39-40H2,1-7H3. The fraction of sp³-hybridized carbons (Fsp3) is 0.500. The first-order valence-corrected chi connectivity index (χ1v) is 14.1. The highest BCUT2D eigenvalue weighted by Crippen LogP contribution is 2.43. The van der Waals surface area contributed by atoms with Crippen LogP contribution in [-0.2, 0) is 15.7 Å². The monoisotopic (exact) mass is 660 g/mol. The number of hydrogen-bond donors (Lipinski definition) is 2. The smallest absolute Gasteiger partial charge is 0.417 e. The van der Waals surface area contributed by atoms with Gasteiger partial charge in [0.15, 0.2) is 0 Å². The molecule has 2 unspecified atom stereocenters. The van der Waals surface area contributed by atoms with E-state index in [-0.39, 0.29) is 34.5 Å². The second kappa shape index (κ2) is 12.4. The van der Waals surface area contributed by atoms with Crippen LogP contribution in [-0.4, -0.2) is 43.5 Å². The maximum absolute atomic E-state index is 14.3. The zero-order chi connectivity index (χ0) is 35.1. The summed E-state index contributed by atoms with van der Waals surface area (Å²) in [5, 5.41) is 0.185. The SMILES string of the molecule is COc1ccc(-c2cc3ccc(OCC(C)(COC(=O)C(C)(CC(C)(C)N)C(C)(C)N)C(F)(F)F)cc3oc2=O)c(C(F)(F)F)c1. The van der Waals surface area contributed by atoms with Crippen molar-refractivity contribution in [1.82, 2.24) is 0 Å². The lowest BCUT2D eigenvalue weighted by Crippen LogP contribution is -2.58. The van der Waals surface area contributed by atoms with Gasteiger partial charge in [-0.15, -0.1) is 0 Å². The van der Waals surface area contributed by atoms with Gasteiger partial charge in [-0.25, -0.2) is 4.79 Å². The van der Waals surface area contributed by atoms with Gasteiger partial charge in [0.1, 0.15) is 35.7 Å². The predicted molar refractivity (Wildman–Crippen MR) is 159 cm³/mol. The molecule has 8 nitrogen and oxygen atoms in total. The molecule has 2 aromatic carbocycles. The van der Waals surface area contributed by atoms with Crippen molar-refractivity contribution >= 4 is 16.9 Å². The van der Waals surface area contributed by atoms with E-state index in [1.165, 1.54) is 38.3 Å². The van der Waals surface area contributed by atoms with E-state index in [0.29, 0.717) is 0 Å². The van der Waals surface area contributed by atoms with E-state index in [9.17, 15) is 35.9 Å². The van der Waals surface area contributed by atoms with E-state index in [0.717, 1.165) is 25.1 Å². The Morgan fingerprint density at radius 1 is 0.826 bits per heavy atom. The van der Waals surface area contributed by atoms with Crippen molar-refractivity contribution in [3.63, 3.8) is 0 Å². The van der Waals surface area contributed by atoms with Crippen LogP contribution in [0.4, 0.5) is 26.3 Å². The molecular formula is C32H38F6N2O6. The van der Waals surface area contributed by atoms with E-state index >= 15 is 0 Å². The highest BCUT2D eigenvalue weighted by Gasteiger charge is 2.55. The molecule has 0 spiro atoms. The number of halogens is 6. The van der Waals surface area contributed by atoms with Gasteiger partial charge < -0.3 is 30.1 Å². The van der Waals surface area contributed by atoms with Gasteiger partial charge in [0, 0.05) is 28.1 Å². The summed E-state index contributed by atoms with van der Waals surface area (Å²) >= 11 is 0. The van der Waals surface area contributed by atoms with Crippen molar-refractivity contribution in [3.05, 3.63) is 58.4 Å². The number of esters is 1. The van der Waals surface area contributed by atoms with Gasteiger partial charge in [0.25, 0.3) is 0 Å². The summed E-state index contributed by atoms with van der Waals surface area (Å²) in [5.74, 6) is -1.16. The molecule has 2 atom stereocenters. The Balaban J connectivity index is 1.89. The van der Waals surface area contributed by atoms with E-state index in [2.05, 4.69) is 0 Å². The minimum Gasteiger partial charge on any atom is -0.497 e. The number of fused-ring (bicyclic) bond motifs is 1. The van der Waals surface area contributed by atoms with Crippen LogP contribution in [0.3, 0.4) is 0 Å². The third-order valence-corrected chi connectivity index (χ3v) is 7.98. The van der Waals surface area contributed by atoms with Gasteiger partial charge >= 0.3 is 23.9 Å². The Kier molecular flexibility index (Phi) is 9.92. The molecule has 254 valence electrons. The Labute approximate surface area is 262 Å². The number of ether oxygens (including phenoxy) is 3. The zero-order valence-electron chi connectivity index (χ0n) is 26.5. The van der Waals surface area contributed by atoms with Crippen molar-refractivity contribution in [1.29, 1.82) is 0 Å². The summed E-state index contributed by atoms with van der Waals surface area (Å²) in [6, 6.07) is 8.00. The molecule has 0 bridgehead atoms. The summed E-state index contributed by atoms with van der Waals surface area (Å²) in [6.45, 7) is 6.63. The van der Waals surface area contributed by atoms with Crippen LogP contribution in [0.1, 0.15) is 53.5 Å². The molecule has 0 fully saturated rings. The first-order valence-electron chi connectivity index (χ1n) is 14.1. The van der Waals surface area contributed by atoms with Crippen LogP contribution >= 0.6 is 0 Å². The van der Waals surface area contributed by atoms with Gasteiger partial charge in [-0.3, -0.25) is 4.79 Å². The van der Waals surface area contributed by atoms with Gasteiger partial charge in [-0.2, -0.15) is 26.3 Å². The van der Waals surface area contributed by atoms with Crippen LogP contribution in [0.15, 0.2) is 51.7 Å². The van der Waals surface area contributed by atoms with Crippen LogP contribution in [0.5, 0.6) is 11.5 Å². The third-order valence-electron chi connectivity index (χ3n) is 7.98. The lowest BCUT2D eigenvalue weighted by Gasteiger charge is -2.43. The molecular weight excluding hydrogens is 622 g/mol. The maximum atomic E-state index is 14.3. The van der Waals surface area contributed by atoms with Crippen molar-refractivity contribution in [2.24, 2.45) is 22.3 Å². The Bertz CT molecular complexity index is 1640. The molecule has 1 heterocycles. The molecule has 0 saturated heterocycles. The van der Waals surface area contributed by atoms with Crippen LogP contribution < -0.4 is 26.6 Å². The molecule has 1 aromatic heterocycles. The van der Waals surface area contributed by atoms with Crippen molar-refractivity contribution in [3.8, 4) is 22.6 Å². The minimum absolute atomic E-state index is 0.0293. The lowest BCUT2D eigenvalue weighted by molar-refractivity contribution is -0.242. The van der Waals surface area contributed by atoms with Crippen molar-refractivity contribution < 1.29 is 49.8 Å². The molecule has 46 heavy (non-hydrogen) atoms. The van der Waals surface area contributed by atoms with Crippen LogP contribution in [0.2, 0.25) is 0 Å². The van der Waals surface area contributed by atoms with Gasteiger partial charge in [-0.1, -0.05) is 0 Å². The number of nitrogens with two attached hydrogens (primary N) is 2. The highest BCUT2D eigenvalue weighted by atomic mass is 19.4. The predicted octanol–water partition coefficient (Wildman–Crippen LogP) is 6.85. The molecule has 0 saturated carbocycles. The lowest BCUT2D eigenvalue weighted by atomic mass is 9.67. The summed E-state index contributed by atoms with van der Waals surface area (Å²) in [7, 11) is 1.20. The summed E-state index contributed by atoms with van der Waals surface area (Å²) < 4.78 is 105. The normalized spacial score (nSPS) is 15.6. The number of benzene rings is 2. The Hall–Kier alpha value is -3.78. The average Bonchev–Trinajstić information content (AvgIpc) is 2.91. The van der Waals surface area contributed by atoms with Crippen LogP contribution in [0.25, 0.3) is 22.1 Å². The van der Waals surface area contributed by atoms with E-state index in [1.54, 1.807) is 27.7 Å². The molecule has 4 N–H and O–H groups in total. The first kappa shape index (κ1) is 36.7. The highest BCUT2D eigenvalue weighted by molar-refractivity contribution is 5.83. The number of carbonyl (C=O) groups is 1. The molecule has 0 aliphatic rings.